The van der Waals surface area contributed by atoms with E-state index >= 15 is 0 Å². The van der Waals surface area contributed by atoms with E-state index in [0.29, 0.717) is 11.3 Å². The Bertz CT molecular complexity index is 759. The van der Waals surface area contributed by atoms with Gasteiger partial charge >= 0.3 is 0 Å². The average molecular weight is 309 g/mol. The van der Waals surface area contributed by atoms with Crippen LogP contribution in [0.1, 0.15) is 12.5 Å². The van der Waals surface area contributed by atoms with E-state index in [1.54, 1.807) is 19.9 Å². The highest BCUT2D eigenvalue weighted by molar-refractivity contribution is 7.92. The number of phenols is 1. The van der Waals surface area contributed by atoms with Gasteiger partial charge in [0.25, 0.3) is 10.0 Å². The SMILES string of the molecule is CCN(c1cc(O)ccc1C)S(=O)(=O)c1cccc(F)c1. The van der Waals surface area contributed by atoms with Crippen LogP contribution in [0.5, 0.6) is 5.75 Å². The quantitative estimate of drug-likeness (QED) is 0.944. The van der Waals surface area contributed by atoms with E-state index in [2.05, 4.69) is 0 Å². The molecule has 1 N–H and O–H groups in total. The second kappa shape index (κ2) is 5.73. The molecule has 0 saturated heterocycles. The molecule has 0 radical (unpaired) electrons. The minimum atomic E-state index is -3.88. The van der Waals surface area contributed by atoms with Crippen LogP contribution in [0.4, 0.5) is 10.1 Å². The molecule has 0 heterocycles. The summed E-state index contributed by atoms with van der Waals surface area (Å²) in [4.78, 5) is -0.118. The lowest BCUT2D eigenvalue weighted by molar-refractivity contribution is 0.475. The lowest BCUT2D eigenvalue weighted by atomic mass is 10.2. The molecule has 0 bridgehead atoms. The summed E-state index contributed by atoms with van der Waals surface area (Å²) in [6.45, 7) is 3.60. The number of halogens is 1. The second-order valence-corrected chi connectivity index (χ2v) is 6.46. The van der Waals surface area contributed by atoms with Crippen molar-refractivity contribution in [2.75, 3.05) is 10.8 Å². The number of sulfonamides is 1. The number of aromatic hydroxyl groups is 1. The van der Waals surface area contributed by atoms with Gasteiger partial charge in [0.1, 0.15) is 11.6 Å². The Morgan fingerprint density at radius 1 is 1.19 bits per heavy atom. The number of nitrogens with zero attached hydrogens (tertiary/aromatic N) is 1. The van der Waals surface area contributed by atoms with Crippen molar-refractivity contribution in [3.05, 3.63) is 53.8 Å². The highest BCUT2D eigenvalue weighted by atomic mass is 32.2. The topological polar surface area (TPSA) is 57.6 Å². The first-order valence-corrected chi connectivity index (χ1v) is 7.88. The predicted molar refractivity (Wildman–Crippen MR) is 79.4 cm³/mol. The smallest absolute Gasteiger partial charge is 0.264 e. The molecule has 0 atom stereocenters. The van der Waals surface area contributed by atoms with Crippen LogP contribution < -0.4 is 4.31 Å². The largest absolute Gasteiger partial charge is 0.508 e. The number of anilines is 1. The molecule has 0 aliphatic rings. The Morgan fingerprint density at radius 3 is 2.52 bits per heavy atom. The molecule has 112 valence electrons. The number of aryl methyl sites for hydroxylation is 1. The molecule has 0 aromatic heterocycles. The van der Waals surface area contributed by atoms with Crippen LogP contribution in [-0.2, 0) is 10.0 Å². The van der Waals surface area contributed by atoms with Crippen molar-refractivity contribution in [1.82, 2.24) is 0 Å². The fraction of sp³-hybridized carbons (Fsp3) is 0.200. The molecule has 0 aliphatic heterocycles. The van der Waals surface area contributed by atoms with Gasteiger partial charge in [-0.05, 0) is 43.7 Å². The maximum Gasteiger partial charge on any atom is 0.264 e. The summed E-state index contributed by atoms with van der Waals surface area (Å²) in [5.74, 6) is -0.636. The lowest BCUT2D eigenvalue weighted by Crippen LogP contribution is -2.31. The van der Waals surface area contributed by atoms with Crippen molar-refractivity contribution in [3.8, 4) is 5.75 Å². The first-order valence-electron chi connectivity index (χ1n) is 6.44. The maximum atomic E-state index is 13.3. The van der Waals surface area contributed by atoms with E-state index < -0.39 is 15.8 Å². The van der Waals surface area contributed by atoms with Crippen LogP contribution in [0.15, 0.2) is 47.4 Å². The average Bonchev–Trinajstić information content (AvgIpc) is 2.43. The van der Waals surface area contributed by atoms with Crippen LogP contribution in [0.25, 0.3) is 0 Å². The molecule has 0 aliphatic carbocycles. The normalized spacial score (nSPS) is 11.4. The number of benzene rings is 2. The predicted octanol–water partition coefficient (Wildman–Crippen LogP) is 3.05. The third kappa shape index (κ3) is 3.00. The van der Waals surface area contributed by atoms with E-state index in [0.717, 1.165) is 10.4 Å². The van der Waals surface area contributed by atoms with Crippen LogP contribution in [0, 0.1) is 12.7 Å². The maximum absolute atomic E-state index is 13.3. The van der Waals surface area contributed by atoms with Crippen LogP contribution >= 0.6 is 0 Å². The minimum absolute atomic E-state index is 0.0245. The van der Waals surface area contributed by atoms with Crippen molar-refractivity contribution in [2.45, 2.75) is 18.7 Å². The molecule has 2 aromatic rings. The number of hydrogen-bond donors (Lipinski definition) is 1. The standard InChI is InChI=1S/C15H16FNO3S/c1-3-17(15-10-13(18)8-7-11(15)2)21(19,20)14-6-4-5-12(16)9-14/h4-10,18H,3H2,1-2H3. The Kier molecular flexibility index (Phi) is 4.18. The summed E-state index contributed by atoms with van der Waals surface area (Å²) in [7, 11) is -3.88. The molecule has 2 rings (SSSR count). The summed E-state index contributed by atoms with van der Waals surface area (Å²) in [5, 5.41) is 9.58. The van der Waals surface area contributed by atoms with Gasteiger partial charge in [0.15, 0.2) is 0 Å². The summed E-state index contributed by atoms with van der Waals surface area (Å²) in [5.41, 5.74) is 1.08. The van der Waals surface area contributed by atoms with E-state index in [9.17, 15) is 17.9 Å². The summed E-state index contributed by atoms with van der Waals surface area (Å²) < 4.78 is 39.8. The fourth-order valence-corrected chi connectivity index (χ4v) is 3.65. The van der Waals surface area contributed by atoms with E-state index in [-0.39, 0.29) is 17.2 Å². The van der Waals surface area contributed by atoms with Gasteiger partial charge < -0.3 is 5.11 Å². The Hall–Kier alpha value is -2.08. The molecule has 6 heteroatoms. The third-order valence-corrected chi connectivity index (χ3v) is 5.02. The highest BCUT2D eigenvalue weighted by Gasteiger charge is 2.25. The first-order chi connectivity index (χ1) is 9.86. The van der Waals surface area contributed by atoms with E-state index in [1.807, 2.05) is 0 Å². The van der Waals surface area contributed by atoms with Gasteiger partial charge in [0, 0.05) is 12.6 Å². The van der Waals surface area contributed by atoms with Crippen molar-refractivity contribution in [2.24, 2.45) is 0 Å². The summed E-state index contributed by atoms with van der Waals surface area (Å²) >= 11 is 0. The van der Waals surface area contributed by atoms with E-state index in [4.69, 9.17) is 0 Å². The van der Waals surface area contributed by atoms with Crippen molar-refractivity contribution < 1.29 is 17.9 Å². The zero-order valence-electron chi connectivity index (χ0n) is 11.7. The van der Waals surface area contributed by atoms with Gasteiger partial charge in [0.05, 0.1) is 10.6 Å². The molecule has 21 heavy (non-hydrogen) atoms. The molecule has 2 aromatic carbocycles. The van der Waals surface area contributed by atoms with Crippen molar-refractivity contribution in [3.63, 3.8) is 0 Å². The van der Waals surface area contributed by atoms with Gasteiger partial charge in [-0.2, -0.15) is 0 Å². The van der Waals surface area contributed by atoms with Gasteiger partial charge in [0.2, 0.25) is 0 Å². The highest BCUT2D eigenvalue weighted by Crippen LogP contribution is 2.29. The molecule has 0 amide bonds. The number of phenolic OH excluding ortho intramolecular Hbond substituents is 1. The molecule has 0 unspecified atom stereocenters. The Labute approximate surface area is 123 Å². The fourth-order valence-electron chi connectivity index (χ4n) is 2.09. The zero-order chi connectivity index (χ0) is 15.6. The first kappa shape index (κ1) is 15.3. The Morgan fingerprint density at radius 2 is 1.90 bits per heavy atom. The summed E-state index contributed by atoms with van der Waals surface area (Å²) in [6.07, 6.45) is 0. The second-order valence-electron chi connectivity index (χ2n) is 4.60. The van der Waals surface area contributed by atoms with Gasteiger partial charge in [-0.25, -0.2) is 12.8 Å². The molecule has 0 saturated carbocycles. The van der Waals surface area contributed by atoms with Gasteiger partial charge in [-0.15, -0.1) is 0 Å². The van der Waals surface area contributed by atoms with Gasteiger partial charge in [-0.1, -0.05) is 12.1 Å². The van der Waals surface area contributed by atoms with Crippen molar-refractivity contribution in [1.29, 1.82) is 0 Å². The summed E-state index contributed by atoms with van der Waals surface area (Å²) in [6, 6.07) is 9.38. The third-order valence-electron chi connectivity index (χ3n) is 3.13. The minimum Gasteiger partial charge on any atom is -0.508 e. The molecule has 4 nitrogen and oxygen atoms in total. The zero-order valence-corrected chi connectivity index (χ0v) is 12.6. The molecule has 0 fully saturated rings. The van der Waals surface area contributed by atoms with E-state index in [1.165, 1.54) is 30.3 Å². The van der Waals surface area contributed by atoms with Crippen LogP contribution in [0.3, 0.4) is 0 Å². The monoisotopic (exact) mass is 309 g/mol. The Balaban J connectivity index is 2.57. The molecular formula is C15H16FNO3S. The van der Waals surface area contributed by atoms with Gasteiger partial charge in [-0.3, -0.25) is 4.31 Å². The van der Waals surface area contributed by atoms with Crippen LogP contribution in [-0.4, -0.2) is 20.1 Å². The molecular weight excluding hydrogens is 293 g/mol. The molecule has 0 spiro atoms. The number of hydrogen-bond acceptors (Lipinski definition) is 3. The number of rotatable bonds is 4. The van der Waals surface area contributed by atoms with Crippen molar-refractivity contribution >= 4 is 15.7 Å². The lowest BCUT2D eigenvalue weighted by Gasteiger charge is -2.24. The van der Waals surface area contributed by atoms with Crippen LogP contribution in [0.2, 0.25) is 0 Å².